The van der Waals surface area contributed by atoms with Crippen molar-refractivity contribution in [1.82, 2.24) is 0 Å². The average Bonchev–Trinajstić information content (AvgIpc) is 3.35. The summed E-state index contributed by atoms with van der Waals surface area (Å²) in [7, 11) is -0.493. The molecule has 0 fully saturated rings. The standard InChI is InChI=1S/C21H16P.C10H15.2FH.Ti/c1-3-11-19(12-4-1)22(20-13-5-2-6-14-20)21-15-17-9-7-8-10-18(17)16-21;1-7-6-10(4,5)9(3)8(7)2;;;/h1-16H;1-5H3;2*1H;/q2*-1;;;+2/p-2. The Bertz CT molecular complexity index is 1210. The van der Waals surface area contributed by atoms with Gasteiger partial charge in [-0.25, -0.2) is 5.57 Å². The van der Waals surface area contributed by atoms with Gasteiger partial charge in [-0.15, -0.1) is 47.3 Å². The maximum absolute atomic E-state index is 9.75. The molecule has 4 aromatic rings. The smallest absolute Gasteiger partial charge is 0.0166 e. The molecule has 5 rings (SSSR count). The van der Waals surface area contributed by atoms with Crippen molar-refractivity contribution in [3.05, 3.63) is 120 Å². The van der Waals surface area contributed by atoms with Crippen molar-refractivity contribution in [3.8, 4) is 0 Å². The minimum absolute atomic E-state index is 0.189. The molecule has 35 heavy (non-hydrogen) atoms. The molecule has 0 aliphatic heterocycles. The van der Waals surface area contributed by atoms with Gasteiger partial charge in [-0.2, -0.15) is 17.2 Å². The Morgan fingerprint density at radius 3 is 1.66 bits per heavy atom. The molecule has 4 heteroatoms. The molecule has 0 heterocycles. The number of rotatable bonds is 3. The summed E-state index contributed by atoms with van der Waals surface area (Å²) in [6, 6.07) is 35.0. The van der Waals surface area contributed by atoms with Crippen LogP contribution in [0.2, 0.25) is 0 Å². The summed E-state index contributed by atoms with van der Waals surface area (Å²) in [4.78, 5) is 0. The molecule has 0 saturated carbocycles. The Labute approximate surface area is 220 Å². The fraction of sp³-hybridized carbons (Fsp3) is 0.194. The van der Waals surface area contributed by atoms with Crippen LogP contribution in [0.3, 0.4) is 0 Å². The summed E-state index contributed by atoms with van der Waals surface area (Å²) < 4.78 is 19.5. The minimum Gasteiger partial charge on any atom is -0.160 e. The van der Waals surface area contributed by atoms with Crippen LogP contribution in [0.15, 0.2) is 114 Å². The number of hydrogen-bond acceptors (Lipinski definition) is 0. The molecule has 0 unspecified atom stereocenters. The van der Waals surface area contributed by atoms with Gasteiger partial charge in [-0.05, 0) is 18.5 Å². The first-order valence-corrected chi connectivity index (χ1v) is 14.1. The molecular formula is C31H31F2PTi-2. The fourth-order valence-electron chi connectivity index (χ4n) is 4.27. The maximum Gasteiger partial charge on any atom is -0.0166 e. The third-order valence-electron chi connectivity index (χ3n) is 6.45. The van der Waals surface area contributed by atoms with Crippen LogP contribution in [-0.4, -0.2) is 0 Å². The number of hydrogen-bond donors (Lipinski definition) is 0. The average molecular weight is 520 g/mol. The van der Waals surface area contributed by atoms with E-state index < -0.39 is 28.1 Å². The molecule has 0 nitrogen and oxygen atoms in total. The molecule has 180 valence electrons. The molecule has 0 bridgehead atoms. The van der Waals surface area contributed by atoms with Crippen molar-refractivity contribution in [2.45, 2.75) is 34.6 Å². The summed E-state index contributed by atoms with van der Waals surface area (Å²) in [5.74, 6) is 0. The van der Waals surface area contributed by atoms with Crippen LogP contribution in [0, 0.1) is 11.5 Å². The van der Waals surface area contributed by atoms with Gasteiger partial charge in [0, 0.05) is 0 Å². The topological polar surface area (TPSA) is 0 Å². The zero-order valence-electron chi connectivity index (χ0n) is 20.9. The van der Waals surface area contributed by atoms with Crippen LogP contribution in [0.25, 0.3) is 10.8 Å². The van der Waals surface area contributed by atoms with E-state index in [0.717, 1.165) is 0 Å². The second-order valence-corrected chi connectivity index (χ2v) is 11.5. The number of halogens is 2. The van der Waals surface area contributed by atoms with E-state index in [2.05, 4.69) is 138 Å². The second-order valence-electron chi connectivity index (χ2n) is 9.05. The first kappa shape index (κ1) is 27.3. The van der Waals surface area contributed by atoms with Crippen molar-refractivity contribution in [3.63, 3.8) is 0 Å². The van der Waals surface area contributed by atoms with Crippen LogP contribution in [-0.2, 0) is 20.2 Å². The van der Waals surface area contributed by atoms with Crippen LogP contribution in [0.1, 0.15) is 34.6 Å². The van der Waals surface area contributed by atoms with E-state index in [1.165, 1.54) is 43.4 Å². The van der Waals surface area contributed by atoms with Gasteiger partial charge in [0.1, 0.15) is 0 Å². The van der Waals surface area contributed by atoms with Gasteiger partial charge < -0.3 is 0 Å². The van der Waals surface area contributed by atoms with Crippen molar-refractivity contribution >= 4 is 34.6 Å². The van der Waals surface area contributed by atoms with Crippen LogP contribution in [0.4, 0.5) is 6.18 Å². The molecule has 0 spiro atoms. The van der Waals surface area contributed by atoms with E-state index in [9.17, 15) is 6.18 Å². The van der Waals surface area contributed by atoms with Gasteiger partial charge >= 0.3 is 26.4 Å². The summed E-state index contributed by atoms with van der Waals surface area (Å²) >= 11 is -2.50. The monoisotopic (exact) mass is 520 g/mol. The van der Waals surface area contributed by atoms with E-state index in [1.807, 2.05) is 0 Å². The van der Waals surface area contributed by atoms with Crippen LogP contribution in [0.5, 0.6) is 0 Å². The van der Waals surface area contributed by atoms with Crippen LogP contribution < -0.4 is 15.9 Å². The Hall–Kier alpha value is -2.25. The maximum atomic E-state index is 9.75. The Morgan fingerprint density at radius 1 is 0.771 bits per heavy atom. The molecular weight excluding hydrogens is 489 g/mol. The van der Waals surface area contributed by atoms with Crippen molar-refractivity contribution in [2.24, 2.45) is 5.41 Å². The second kappa shape index (κ2) is 12.6. The Kier molecular flexibility index (Phi) is 9.87. The molecule has 0 saturated heterocycles. The molecule has 4 aromatic carbocycles. The van der Waals surface area contributed by atoms with Gasteiger partial charge in [-0.1, -0.05) is 99.8 Å². The van der Waals surface area contributed by atoms with Crippen molar-refractivity contribution in [2.75, 3.05) is 0 Å². The van der Waals surface area contributed by atoms with Gasteiger partial charge in [-0.3, -0.25) is 6.08 Å². The van der Waals surface area contributed by atoms with Crippen LogP contribution >= 0.6 is 7.92 Å². The number of fused-ring (bicyclic) bond motifs is 1. The van der Waals surface area contributed by atoms with Gasteiger partial charge in [0.15, 0.2) is 0 Å². The van der Waals surface area contributed by atoms with Gasteiger partial charge in [0.2, 0.25) is 0 Å². The molecule has 0 radical (unpaired) electrons. The number of benzene rings is 3. The molecule has 0 aromatic heterocycles. The van der Waals surface area contributed by atoms with Gasteiger partial charge in [0.25, 0.3) is 0 Å². The fourth-order valence-corrected chi connectivity index (χ4v) is 6.64. The van der Waals surface area contributed by atoms with E-state index in [1.54, 1.807) is 0 Å². The first-order valence-electron chi connectivity index (χ1n) is 11.6. The zero-order chi connectivity index (χ0) is 25.4. The number of allylic oxidation sites excluding steroid dienone is 4. The summed E-state index contributed by atoms with van der Waals surface area (Å²) in [5.41, 5.74) is 4.39. The SMILES string of the molecule is CC1=[C-]C(C)(C)C(C)=C1C.[F][Ti][F].c1ccc(P(c2ccccc2)c2cc3ccccc3[cH-]2)cc1. The predicted molar refractivity (Wildman–Crippen MR) is 145 cm³/mol. The Morgan fingerprint density at radius 2 is 1.26 bits per heavy atom. The van der Waals surface area contributed by atoms with E-state index >= 15 is 0 Å². The van der Waals surface area contributed by atoms with E-state index in [-0.39, 0.29) is 5.41 Å². The first-order chi connectivity index (χ1) is 16.8. The third kappa shape index (κ3) is 6.92. The molecule has 1 aliphatic carbocycles. The van der Waals surface area contributed by atoms with E-state index in [0.29, 0.717) is 0 Å². The minimum atomic E-state index is -2.50. The zero-order valence-corrected chi connectivity index (χ0v) is 23.4. The summed E-state index contributed by atoms with van der Waals surface area (Å²) in [6.45, 7) is 10.9. The predicted octanol–water partition coefficient (Wildman–Crippen LogP) is 8.27. The molecule has 0 amide bonds. The van der Waals surface area contributed by atoms with Crippen molar-refractivity contribution < 1.29 is 26.4 Å². The third-order valence-corrected chi connectivity index (χ3v) is 8.86. The van der Waals surface area contributed by atoms with E-state index in [4.69, 9.17) is 0 Å². The molecule has 1 aliphatic rings. The molecule has 0 atom stereocenters. The Balaban J connectivity index is 0.000000221. The van der Waals surface area contributed by atoms with Crippen molar-refractivity contribution in [1.29, 1.82) is 0 Å². The summed E-state index contributed by atoms with van der Waals surface area (Å²) in [6.07, 6.45) is 3.44. The normalized spacial score (nSPS) is 14.1. The summed E-state index contributed by atoms with van der Waals surface area (Å²) in [5, 5.41) is 6.89. The van der Waals surface area contributed by atoms with Gasteiger partial charge in [0.05, 0.1) is 0 Å². The molecule has 0 N–H and O–H groups in total. The largest absolute Gasteiger partial charge is 0.160 e. The quantitative estimate of drug-likeness (QED) is 0.145.